The molecule has 0 aliphatic carbocycles. The van der Waals surface area contributed by atoms with Gasteiger partial charge in [0.25, 0.3) is 0 Å². The molecule has 6 heteroatoms. The van der Waals surface area contributed by atoms with Gasteiger partial charge in [0.15, 0.2) is 0 Å². The molecular weight excluding hydrogens is 322 g/mol. The van der Waals surface area contributed by atoms with Crippen molar-refractivity contribution in [3.8, 4) is 6.07 Å². The first-order chi connectivity index (χ1) is 9.67. The van der Waals surface area contributed by atoms with Crippen LogP contribution in [0.1, 0.15) is 12.5 Å². The van der Waals surface area contributed by atoms with Crippen LogP contribution in [0.5, 0.6) is 0 Å². The third kappa shape index (κ3) is 3.11. The van der Waals surface area contributed by atoms with Crippen LogP contribution in [-0.4, -0.2) is 38.3 Å². The van der Waals surface area contributed by atoms with Gasteiger partial charge in [-0.25, -0.2) is 4.79 Å². The van der Waals surface area contributed by atoms with Gasteiger partial charge in [-0.2, -0.15) is 5.26 Å². The van der Waals surface area contributed by atoms with Crippen molar-refractivity contribution in [1.29, 1.82) is 5.26 Å². The average Bonchev–Trinajstić information content (AvgIpc) is 2.47. The van der Waals surface area contributed by atoms with Crippen molar-refractivity contribution in [2.24, 2.45) is 0 Å². The maximum atomic E-state index is 12.1. The quantitative estimate of drug-likeness (QED) is 0.850. The molecule has 0 saturated carbocycles. The van der Waals surface area contributed by atoms with Crippen LogP contribution in [0, 0.1) is 11.3 Å². The van der Waals surface area contributed by atoms with Crippen molar-refractivity contribution in [1.82, 2.24) is 5.32 Å². The van der Waals surface area contributed by atoms with Crippen LogP contribution in [0.4, 0.5) is 5.69 Å². The highest BCUT2D eigenvalue weighted by atomic mass is 79.9. The van der Waals surface area contributed by atoms with Gasteiger partial charge in [-0.05, 0) is 25.1 Å². The Morgan fingerprint density at radius 1 is 1.65 bits per heavy atom. The molecule has 0 amide bonds. The Morgan fingerprint density at radius 3 is 3.15 bits per heavy atom. The van der Waals surface area contributed by atoms with Gasteiger partial charge < -0.3 is 15.0 Å². The lowest BCUT2D eigenvalue weighted by atomic mass is 10.1. The molecule has 1 fully saturated rings. The van der Waals surface area contributed by atoms with Crippen LogP contribution in [0.3, 0.4) is 0 Å². The molecule has 0 aromatic heterocycles. The van der Waals surface area contributed by atoms with E-state index in [0.29, 0.717) is 25.3 Å². The zero-order valence-electron chi connectivity index (χ0n) is 11.2. The van der Waals surface area contributed by atoms with Crippen molar-refractivity contribution in [2.45, 2.75) is 13.0 Å². The third-order valence-corrected chi connectivity index (χ3v) is 3.68. The number of nitrogens with one attached hydrogen (secondary N) is 1. The summed E-state index contributed by atoms with van der Waals surface area (Å²) in [5.41, 5.74) is 1.32. The number of anilines is 1. The Balaban J connectivity index is 2.33. The molecule has 1 N–H and O–H groups in total. The lowest BCUT2D eigenvalue weighted by molar-refractivity contribution is -0.144. The fourth-order valence-corrected chi connectivity index (χ4v) is 2.65. The molecule has 1 aromatic rings. The number of halogens is 1. The molecule has 1 aromatic carbocycles. The molecule has 1 heterocycles. The summed E-state index contributed by atoms with van der Waals surface area (Å²) in [6.45, 7) is 4.11. The summed E-state index contributed by atoms with van der Waals surface area (Å²) in [7, 11) is 0. The van der Waals surface area contributed by atoms with Crippen molar-refractivity contribution in [3.05, 3.63) is 28.2 Å². The maximum Gasteiger partial charge on any atom is 0.330 e. The molecule has 1 saturated heterocycles. The third-order valence-electron chi connectivity index (χ3n) is 3.19. The average molecular weight is 338 g/mol. The van der Waals surface area contributed by atoms with Crippen LogP contribution in [0.25, 0.3) is 0 Å². The van der Waals surface area contributed by atoms with Gasteiger partial charge in [-0.3, -0.25) is 0 Å². The van der Waals surface area contributed by atoms with Crippen molar-refractivity contribution >= 4 is 27.6 Å². The van der Waals surface area contributed by atoms with Crippen LogP contribution in [-0.2, 0) is 9.53 Å². The molecule has 2 rings (SSSR count). The Morgan fingerprint density at radius 2 is 2.45 bits per heavy atom. The molecule has 1 aliphatic heterocycles. The topological polar surface area (TPSA) is 65.4 Å². The number of hydrogen-bond donors (Lipinski definition) is 1. The fourth-order valence-electron chi connectivity index (χ4n) is 2.29. The summed E-state index contributed by atoms with van der Waals surface area (Å²) in [6.07, 6.45) is 0. The van der Waals surface area contributed by atoms with E-state index in [4.69, 9.17) is 4.74 Å². The normalized spacial score (nSPS) is 18.4. The first-order valence-corrected chi connectivity index (χ1v) is 7.30. The van der Waals surface area contributed by atoms with Gasteiger partial charge in [0, 0.05) is 24.1 Å². The molecule has 5 nitrogen and oxygen atoms in total. The van der Waals surface area contributed by atoms with Crippen LogP contribution < -0.4 is 10.2 Å². The fraction of sp³-hybridized carbons (Fsp3) is 0.429. The zero-order chi connectivity index (χ0) is 14.5. The summed E-state index contributed by atoms with van der Waals surface area (Å²) < 4.78 is 5.97. The SMILES string of the molecule is CCOC(=O)C1CNCCN1c1ccc(Br)cc1C#N. The van der Waals surface area contributed by atoms with Crippen molar-refractivity contribution in [3.63, 3.8) is 0 Å². The minimum atomic E-state index is -0.392. The van der Waals surface area contributed by atoms with E-state index in [1.54, 1.807) is 13.0 Å². The molecule has 106 valence electrons. The van der Waals surface area contributed by atoms with Crippen LogP contribution >= 0.6 is 15.9 Å². The second-order valence-corrected chi connectivity index (χ2v) is 5.35. The smallest absolute Gasteiger partial charge is 0.330 e. The summed E-state index contributed by atoms with van der Waals surface area (Å²) in [6, 6.07) is 7.29. The van der Waals surface area contributed by atoms with E-state index >= 15 is 0 Å². The molecule has 0 radical (unpaired) electrons. The highest BCUT2D eigenvalue weighted by Crippen LogP contribution is 2.26. The summed E-state index contributed by atoms with van der Waals surface area (Å²) in [5.74, 6) is -0.258. The first-order valence-electron chi connectivity index (χ1n) is 6.51. The predicted octanol–water partition coefficient (Wildman–Crippen LogP) is 1.66. The number of ether oxygens (including phenoxy) is 1. The number of esters is 1. The maximum absolute atomic E-state index is 12.1. The van der Waals surface area contributed by atoms with Gasteiger partial charge in [0.2, 0.25) is 0 Å². The monoisotopic (exact) mass is 337 g/mol. The number of benzene rings is 1. The Bertz CT molecular complexity index is 542. The van der Waals surface area contributed by atoms with E-state index in [9.17, 15) is 10.1 Å². The van der Waals surface area contributed by atoms with E-state index in [0.717, 1.165) is 16.7 Å². The Labute approximate surface area is 126 Å². The number of piperazine rings is 1. The molecular formula is C14H16BrN3O2. The molecule has 0 bridgehead atoms. The largest absolute Gasteiger partial charge is 0.464 e. The zero-order valence-corrected chi connectivity index (χ0v) is 12.8. The van der Waals surface area contributed by atoms with Crippen LogP contribution in [0.2, 0.25) is 0 Å². The van der Waals surface area contributed by atoms with Gasteiger partial charge in [-0.1, -0.05) is 15.9 Å². The second-order valence-electron chi connectivity index (χ2n) is 4.44. The number of nitriles is 1. The van der Waals surface area contributed by atoms with E-state index in [1.807, 2.05) is 17.0 Å². The lowest BCUT2D eigenvalue weighted by Crippen LogP contribution is -2.55. The summed E-state index contributed by atoms with van der Waals surface area (Å²) in [4.78, 5) is 14.0. The van der Waals surface area contributed by atoms with Crippen molar-refractivity contribution in [2.75, 3.05) is 31.1 Å². The van der Waals surface area contributed by atoms with E-state index in [2.05, 4.69) is 27.3 Å². The number of carbonyl (C=O) groups excluding carboxylic acids is 1. The summed E-state index contributed by atoms with van der Waals surface area (Å²) in [5, 5.41) is 12.5. The van der Waals surface area contributed by atoms with E-state index in [1.165, 1.54) is 0 Å². The number of hydrogen-bond acceptors (Lipinski definition) is 5. The van der Waals surface area contributed by atoms with Gasteiger partial charge >= 0.3 is 5.97 Å². The minimum absolute atomic E-state index is 0.258. The number of nitrogens with zero attached hydrogens (tertiary/aromatic N) is 2. The van der Waals surface area contributed by atoms with Gasteiger partial charge in [0.05, 0.1) is 17.9 Å². The van der Waals surface area contributed by atoms with E-state index in [-0.39, 0.29) is 5.97 Å². The molecule has 0 spiro atoms. The minimum Gasteiger partial charge on any atom is -0.464 e. The van der Waals surface area contributed by atoms with Crippen molar-refractivity contribution < 1.29 is 9.53 Å². The number of carbonyl (C=O) groups is 1. The van der Waals surface area contributed by atoms with Crippen LogP contribution in [0.15, 0.2) is 22.7 Å². The van der Waals surface area contributed by atoms with Gasteiger partial charge in [0.1, 0.15) is 12.1 Å². The summed E-state index contributed by atoms with van der Waals surface area (Å²) >= 11 is 3.36. The lowest BCUT2D eigenvalue weighted by Gasteiger charge is -2.36. The molecule has 1 aliphatic rings. The highest BCUT2D eigenvalue weighted by Gasteiger charge is 2.31. The predicted molar refractivity (Wildman–Crippen MR) is 79.5 cm³/mol. The Hall–Kier alpha value is -1.58. The standard InChI is InChI=1S/C14H16BrN3O2/c1-2-20-14(19)13-9-17-5-6-18(13)12-4-3-11(15)7-10(12)8-16/h3-4,7,13,17H,2,5-6,9H2,1H3. The molecule has 1 atom stereocenters. The second kappa shape index (κ2) is 6.73. The first kappa shape index (κ1) is 14.8. The Kier molecular flexibility index (Phi) is 4.99. The van der Waals surface area contributed by atoms with E-state index < -0.39 is 6.04 Å². The highest BCUT2D eigenvalue weighted by molar-refractivity contribution is 9.10. The van der Waals surface area contributed by atoms with Gasteiger partial charge in [-0.15, -0.1) is 0 Å². The molecule has 1 unspecified atom stereocenters. The molecule has 20 heavy (non-hydrogen) atoms. The number of rotatable bonds is 3.